The zero-order valence-corrected chi connectivity index (χ0v) is 28.3. The highest BCUT2D eigenvalue weighted by Crippen LogP contribution is 2.51. The molecule has 8 aromatic carbocycles. The monoisotopic (exact) mass is 643 g/mol. The first-order valence-electron chi connectivity index (χ1n) is 17.0. The van der Waals surface area contributed by atoms with Gasteiger partial charge in [0.2, 0.25) is 0 Å². The summed E-state index contributed by atoms with van der Waals surface area (Å²) in [5.41, 5.74) is 11.2. The maximum absolute atomic E-state index is 2.44. The number of anilines is 3. The van der Waals surface area contributed by atoms with E-state index >= 15 is 0 Å². The van der Waals surface area contributed by atoms with Crippen molar-refractivity contribution >= 4 is 70.1 Å². The Hall–Kier alpha value is -5.70. The van der Waals surface area contributed by atoms with Crippen LogP contribution in [0.4, 0.5) is 17.1 Å². The fourth-order valence-corrected chi connectivity index (χ4v) is 9.31. The Labute approximate surface area is 290 Å². The molecular formula is C47H33NS. The molecular weight excluding hydrogens is 611 g/mol. The molecule has 9 aromatic rings. The van der Waals surface area contributed by atoms with Crippen LogP contribution in [-0.2, 0) is 5.41 Å². The molecule has 0 atom stereocenters. The topological polar surface area (TPSA) is 3.24 Å². The lowest BCUT2D eigenvalue weighted by atomic mass is 9.82. The molecule has 1 aliphatic carbocycles. The second kappa shape index (κ2) is 10.7. The van der Waals surface area contributed by atoms with Gasteiger partial charge in [-0.3, -0.25) is 0 Å². The van der Waals surface area contributed by atoms with Crippen LogP contribution in [0.3, 0.4) is 0 Å². The van der Waals surface area contributed by atoms with Crippen molar-refractivity contribution in [2.75, 3.05) is 4.90 Å². The smallest absolute Gasteiger partial charge is 0.0468 e. The highest BCUT2D eigenvalue weighted by Gasteiger charge is 2.35. The molecule has 2 heteroatoms. The Kier molecular flexibility index (Phi) is 6.16. The normalized spacial score (nSPS) is 13.3. The average molecular weight is 644 g/mol. The quantitative estimate of drug-likeness (QED) is 0.173. The number of benzene rings is 8. The number of hydrogen-bond acceptors (Lipinski definition) is 2. The number of thiophene rings is 1. The standard InChI is InChI=1S/C47H33NS/c1-47(2)41-14-8-6-12-37(41)38-26-25-36(29-42(38)47)48(34-22-18-31(19-23-34)30-10-4-3-5-11-30)35-24-20-32-16-17-33-21-27-44-46(45(33)40(32)28-35)39-13-7-9-15-43(39)49-44/h3-29H,1-2H3. The summed E-state index contributed by atoms with van der Waals surface area (Å²) in [5, 5.41) is 7.83. The zero-order valence-electron chi connectivity index (χ0n) is 27.4. The van der Waals surface area contributed by atoms with E-state index < -0.39 is 0 Å². The van der Waals surface area contributed by atoms with E-state index in [9.17, 15) is 0 Å². The third-order valence-corrected chi connectivity index (χ3v) is 11.8. The molecule has 1 nitrogen and oxygen atoms in total. The highest BCUT2D eigenvalue weighted by atomic mass is 32.1. The van der Waals surface area contributed by atoms with Gasteiger partial charge in [0.15, 0.2) is 0 Å². The van der Waals surface area contributed by atoms with Crippen LogP contribution in [0.1, 0.15) is 25.0 Å². The Morgan fingerprint density at radius 2 is 1.06 bits per heavy atom. The molecule has 10 rings (SSSR count). The molecule has 49 heavy (non-hydrogen) atoms. The first kappa shape index (κ1) is 28.3. The van der Waals surface area contributed by atoms with E-state index in [2.05, 4.69) is 183 Å². The van der Waals surface area contributed by atoms with Gasteiger partial charge in [-0.1, -0.05) is 129 Å². The minimum atomic E-state index is -0.0873. The summed E-state index contributed by atoms with van der Waals surface area (Å²) in [4.78, 5) is 2.44. The van der Waals surface area contributed by atoms with Crippen LogP contribution in [0.15, 0.2) is 164 Å². The van der Waals surface area contributed by atoms with Crippen molar-refractivity contribution in [3.05, 3.63) is 175 Å². The maximum atomic E-state index is 2.44. The van der Waals surface area contributed by atoms with Gasteiger partial charge in [-0.2, -0.15) is 0 Å². The number of hydrogen-bond donors (Lipinski definition) is 0. The van der Waals surface area contributed by atoms with Crippen molar-refractivity contribution in [3.63, 3.8) is 0 Å². The Balaban J connectivity index is 1.21. The van der Waals surface area contributed by atoms with E-state index in [1.54, 1.807) is 0 Å². The largest absolute Gasteiger partial charge is 0.310 e. The molecule has 0 unspecified atom stereocenters. The predicted molar refractivity (Wildman–Crippen MR) is 212 cm³/mol. The van der Waals surface area contributed by atoms with Crippen LogP contribution in [0.5, 0.6) is 0 Å². The van der Waals surface area contributed by atoms with E-state index in [0.29, 0.717) is 0 Å². The fourth-order valence-electron chi connectivity index (χ4n) is 8.20. The van der Waals surface area contributed by atoms with Crippen LogP contribution < -0.4 is 4.90 Å². The van der Waals surface area contributed by atoms with Gasteiger partial charge in [-0.25, -0.2) is 0 Å². The summed E-state index contributed by atoms with van der Waals surface area (Å²) in [7, 11) is 0. The Morgan fingerprint density at radius 3 is 1.94 bits per heavy atom. The zero-order chi connectivity index (χ0) is 32.7. The lowest BCUT2D eigenvalue weighted by Gasteiger charge is -2.28. The summed E-state index contributed by atoms with van der Waals surface area (Å²) in [6.45, 7) is 4.72. The van der Waals surface area contributed by atoms with Crippen molar-refractivity contribution < 1.29 is 0 Å². The third-order valence-electron chi connectivity index (χ3n) is 10.6. The van der Waals surface area contributed by atoms with E-state index in [0.717, 1.165) is 17.1 Å². The fraction of sp³-hybridized carbons (Fsp3) is 0.0638. The lowest BCUT2D eigenvalue weighted by Crippen LogP contribution is -2.16. The maximum Gasteiger partial charge on any atom is 0.0468 e. The van der Waals surface area contributed by atoms with Crippen LogP contribution in [-0.4, -0.2) is 0 Å². The Bertz CT molecular complexity index is 2730. The molecule has 1 aliphatic rings. The van der Waals surface area contributed by atoms with Crippen LogP contribution >= 0.6 is 11.3 Å². The summed E-state index contributed by atoms with van der Waals surface area (Å²) >= 11 is 1.88. The van der Waals surface area contributed by atoms with E-state index in [-0.39, 0.29) is 5.41 Å². The van der Waals surface area contributed by atoms with E-state index in [4.69, 9.17) is 0 Å². The summed E-state index contributed by atoms with van der Waals surface area (Å²) in [6, 6.07) is 60.6. The van der Waals surface area contributed by atoms with Gasteiger partial charge in [-0.05, 0) is 103 Å². The summed E-state index contributed by atoms with van der Waals surface area (Å²) in [5.74, 6) is 0. The third kappa shape index (κ3) is 4.31. The summed E-state index contributed by atoms with van der Waals surface area (Å²) < 4.78 is 2.67. The molecule has 1 aromatic heterocycles. The Morgan fingerprint density at radius 1 is 0.429 bits per heavy atom. The van der Waals surface area contributed by atoms with Gasteiger partial charge in [0.1, 0.15) is 0 Å². The number of rotatable bonds is 4. The van der Waals surface area contributed by atoms with Crippen molar-refractivity contribution in [1.82, 2.24) is 0 Å². The molecule has 0 saturated carbocycles. The van der Waals surface area contributed by atoms with Gasteiger partial charge >= 0.3 is 0 Å². The summed E-state index contributed by atoms with van der Waals surface area (Å²) in [6.07, 6.45) is 0. The first-order valence-corrected chi connectivity index (χ1v) is 17.8. The first-order chi connectivity index (χ1) is 24.0. The van der Waals surface area contributed by atoms with Gasteiger partial charge in [0.25, 0.3) is 0 Å². The molecule has 0 amide bonds. The molecule has 1 heterocycles. The van der Waals surface area contributed by atoms with Crippen molar-refractivity contribution in [2.45, 2.75) is 19.3 Å². The van der Waals surface area contributed by atoms with Crippen LogP contribution in [0, 0.1) is 0 Å². The second-order valence-corrected chi connectivity index (χ2v) is 14.8. The SMILES string of the molecule is CC1(C)c2ccccc2-c2ccc(N(c3ccc(-c4ccccc4)cc3)c3ccc4ccc5ccc6sc7ccccc7c6c5c4c3)cc21. The lowest BCUT2D eigenvalue weighted by molar-refractivity contribution is 0.660. The molecule has 0 saturated heterocycles. The number of nitrogens with zero attached hydrogens (tertiary/aromatic N) is 1. The highest BCUT2D eigenvalue weighted by molar-refractivity contribution is 7.26. The molecule has 0 bridgehead atoms. The van der Waals surface area contributed by atoms with Gasteiger partial charge < -0.3 is 4.90 Å². The molecule has 0 N–H and O–H groups in total. The van der Waals surface area contributed by atoms with Crippen molar-refractivity contribution in [1.29, 1.82) is 0 Å². The average Bonchev–Trinajstić information content (AvgIpc) is 3.64. The molecule has 232 valence electrons. The predicted octanol–water partition coefficient (Wildman–Crippen LogP) is 13.8. The van der Waals surface area contributed by atoms with E-state index in [1.807, 2.05) is 11.3 Å². The van der Waals surface area contributed by atoms with Gasteiger partial charge in [0, 0.05) is 42.6 Å². The minimum Gasteiger partial charge on any atom is -0.310 e. The molecule has 0 radical (unpaired) electrons. The van der Waals surface area contributed by atoms with Crippen LogP contribution in [0.2, 0.25) is 0 Å². The van der Waals surface area contributed by atoms with Crippen LogP contribution in [0.25, 0.3) is 64.0 Å². The van der Waals surface area contributed by atoms with Crippen molar-refractivity contribution in [2.24, 2.45) is 0 Å². The molecule has 0 aliphatic heterocycles. The number of fused-ring (bicyclic) bond motifs is 10. The van der Waals surface area contributed by atoms with Crippen molar-refractivity contribution in [3.8, 4) is 22.3 Å². The van der Waals surface area contributed by atoms with E-state index in [1.165, 1.54) is 75.1 Å². The van der Waals surface area contributed by atoms with Gasteiger partial charge in [0.05, 0.1) is 0 Å². The second-order valence-electron chi connectivity index (χ2n) is 13.8. The van der Waals surface area contributed by atoms with Gasteiger partial charge in [-0.15, -0.1) is 11.3 Å². The minimum absolute atomic E-state index is 0.0873. The molecule has 0 fully saturated rings. The molecule has 0 spiro atoms.